The highest BCUT2D eigenvalue weighted by Crippen LogP contribution is 2.39. The number of halogens is 1. The molecule has 10 heteroatoms. The zero-order valence-corrected chi connectivity index (χ0v) is 19.0. The van der Waals surface area contributed by atoms with Gasteiger partial charge in [-0.15, -0.1) is 0 Å². The van der Waals surface area contributed by atoms with Gasteiger partial charge in [-0.05, 0) is 49.4 Å². The van der Waals surface area contributed by atoms with Gasteiger partial charge in [-0.1, -0.05) is 41.9 Å². The van der Waals surface area contributed by atoms with Crippen molar-refractivity contribution in [2.24, 2.45) is 0 Å². The first kappa shape index (κ1) is 22.9. The highest BCUT2D eigenvalue weighted by molar-refractivity contribution is 7.92. The van der Waals surface area contributed by atoms with E-state index in [2.05, 4.69) is 16.0 Å². The number of aromatic hydroxyl groups is 1. The van der Waals surface area contributed by atoms with Gasteiger partial charge in [0.15, 0.2) is 21.3 Å². The minimum absolute atomic E-state index is 0.0807. The van der Waals surface area contributed by atoms with Crippen LogP contribution < -0.4 is 20.7 Å². The predicted molar refractivity (Wildman–Crippen MR) is 127 cm³/mol. The van der Waals surface area contributed by atoms with Crippen LogP contribution in [0.15, 0.2) is 71.6 Å². The van der Waals surface area contributed by atoms with Gasteiger partial charge in [0.25, 0.3) is 0 Å². The van der Waals surface area contributed by atoms with Crippen LogP contribution in [0.1, 0.15) is 6.42 Å². The van der Waals surface area contributed by atoms with Gasteiger partial charge in [0.05, 0.1) is 21.6 Å². The number of amides is 2. The molecule has 4 N–H and O–H groups in total. The van der Waals surface area contributed by atoms with Crippen molar-refractivity contribution in [3.63, 3.8) is 0 Å². The van der Waals surface area contributed by atoms with Crippen LogP contribution in [0.5, 0.6) is 17.2 Å². The van der Waals surface area contributed by atoms with E-state index in [4.69, 9.17) is 16.3 Å². The number of sulfone groups is 1. The minimum atomic E-state index is -3.89. The molecule has 0 spiro atoms. The third-order valence-corrected chi connectivity index (χ3v) is 7.87. The highest BCUT2D eigenvalue weighted by atomic mass is 35.5. The van der Waals surface area contributed by atoms with Gasteiger partial charge in [-0.2, -0.15) is 0 Å². The Bertz CT molecular complexity index is 1260. The molecule has 8 nitrogen and oxygen atoms in total. The second kappa shape index (κ2) is 9.70. The summed E-state index contributed by atoms with van der Waals surface area (Å²) < 4.78 is 31.8. The SMILES string of the molecule is O=C(Nc1ccccc1Oc1ccccc1)Nc1ccc(Cl)c(S(=O)(=O)[C@H]2CCNC2)c1O. The van der Waals surface area contributed by atoms with Crippen LogP contribution in [0.3, 0.4) is 0 Å². The van der Waals surface area contributed by atoms with E-state index in [1.165, 1.54) is 12.1 Å². The fourth-order valence-electron chi connectivity index (χ4n) is 3.53. The van der Waals surface area contributed by atoms with E-state index in [9.17, 15) is 18.3 Å². The summed E-state index contributed by atoms with van der Waals surface area (Å²) in [7, 11) is -3.89. The highest BCUT2D eigenvalue weighted by Gasteiger charge is 2.35. The second-order valence-electron chi connectivity index (χ2n) is 7.42. The van der Waals surface area contributed by atoms with Crippen LogP contribution in [0, 0.1) is 0 Å². The number of hydrogen-bond donors (Lipinski definition) is 4. The Hall–Kier alpha value is -3.27. The molecular formula is C23H22ClN3O5S. The molecule has 3 aromatic rings. The van der Waals surface area contributed by atoms with E-state index in [1.54, 1.807) is 36.4 Å². The number of phenolic OH excluding ortho intramolecular Hbond substituents is 1. The number of urea groups is 1. The number of benzene rings is 3. The summed E-state index contributed by atoms with van der Waals surface area (Å²) in [5, 5.41) is 18.0. The van der Waals surface area contributed by atoms with Crippen molar-refractivity contribution >= 4 is 38.8 Å². The molecule has 1 atom stereocenters. The maximum atomic E-state index is 13.0. The molecule has 4 rings (SSSR count). The lowest BCUT2D eigenvalue weighted by molar-refractivity contribution is 0.262. The number of ether oxygens (including phenoxy) is 1. The molecule has 1 fully saturated rings. The number of carbonyl (C=O) groups is 1. The van der Waals surface area contributed by atoms with Crippen LogP contribution in [0.4, 0.5) is 16.2 Å². The first-order chi connectivity index (χ1) is 15.9. The summed E-state index contributed by atoms with van der Waals surface area (Å²) in [6, 6.07) is 17.9. The molecule has 1 saturated heterocycles. The van der Waals surface area contributed by atoms with Gasteiger partial charge in [-0.3, -0.25) is 0 Å². The zero-order chi connectivity index (χ0) is 23.4. The molecule has 1 heterocycles. The lowest BCUT2D eigenvalue weighted by atomic mass is 10.2. The molecular weight excluding hydrogens is 466 g/mol. The Morgan fingerprint density at radius 2 is 1.70 bits per heavy atom. The number of phenols is 1. The fraction of sp³-hybridized carbons (Fsp3) is 0.174. The molecule has 0 aliphatic carbocycles. The average Bonchev–Trinajstić information content (AvgIpc) is 3.34. The Morgan fingerprint density at radius 1 is 1.00 bits per heavy atom. The molecule has 0 unspecified atom stereocenters. The lowest BCUT2D eigenvalue weighted by Gasteiger charge is -2.17. The van der Waals surface area contributed by atoms with Crippen molar-refractivity contribution in [1.82, 2.24) is 5.32 Å². The smallest absolute Gasteiger partial charge is 0.323 e. The number of nitrogens with one attached hydrogen (secondary N) is 3. The molecule has 3 aromatic carbocycles. The van der Waals surface area contributed by atoms with Gasteiger partial charge in [0.1, 0.15) is 10.6 Å². The minimum Gasteiger partial charge on any atom is -0.504 e. The number of carbonyl (C=O) groups excluding carboxylic acids is 1. The quantitative estimate of drug-likeness (QED) is 0.377. The molecule has 1 aliphatic heterocycles. The monoisotopic (exact) mass is 487 g/mol. The molecule has 172 valence electrons. The summed E-state index contributed by atoms with van der Waals surface area (Å²) in [4.78, 5) is 12.3. The number of rotatable bonds is 6. The van der Waals surface area contributed by atoms with Crippen molar-refractivity contribution in [2.75, 3.05) is 23.7 Å². The molecule has 0 saturated carbocycles. The Labute approximate surface area is 196 Å². The van der Waals surface area contributed by atoms with E-state index >= 15 is 0 Å². The van der Waals surface area contributed by atoms with E-state index in [1.807, 2.05) is 18.2 Å². The summed E-state index contributed by atoms with van der Waals surface area (Å²) in [6.07, 6.45) is 0.411. The van der Waals surface area contributed by atoms with Crippen molar-refractivity contribution in [3.05, 3.63) is 71.8 Å². The fourth-order valence-corrected chi connectivity index (χ4v) is 5.82. The van der Waals surface area contributed by atoms with E-state index in [0.717, 1.165) is 0 Å². The average molecular weight is 488 g/mol. The van der Waals surface area contributed by atoms with E-state index in [-0.39, 0.29) is 22.2 Å². The Balaban J connectivity index is 1.54. The van der Waals surface area contributed by atoms with Gasteiger partial charge >= 0.3 is 6.03 Å². The molecule has 0 bridgehead atoms. The summed E-state index contributed by atoms with van der Waals surface area (Å²) >= 11 is 6.12. The lowest BCUT2D eigenvalue weighted by Crippen LogP contribution is -2.25. The van der Waals surface area contributed by atoms with Crippen molar-refractivity contribution in [3.8, 4) is 17.2 Å². The number of para-hydroxylation sites is 3. The van der Waals surface area contributed by atoms with Crippen molar-refractivity contribution in [2.45, 2.75) is 16.6 Å². The number of anilines is 2. The molecule has 1 aliphatic rings. The van der Waals surface area contributed by atoms with Crippen LogP contribution >= 0.6 is 11.6 Å². The number of hydrogen-bond acceptors (Lipinski definition) is 6. The summed E-state index contributed by atoms with van der Waals surface area (Å²) in [5.41, 5.74) is 0.306. The standard InChI is InChI=1S/C23H22ClN3O5S/c24-17-10-11-19(21(28)22(17)33(30,31)16-12-13-25-14-16)27-23(29)26-18-8-4-5-9-20(18)32-15-6-2-1-3-7-15/h1-11,16,25,28H,12-14H2,(H2,26,27,29)/t16-/m0/s1. The predicted octanol–water partition coefficient (Wildman–Crippen LogP) is 4.62. The third-order valence-electron chi connectivity index (χ3n) is 5.18. The van der Waals surface area contributed by atoms with Gasteiger partial charge in [0, 0.05) is 6.54 Å². The topological polar surface area (TPSA) is 117 Å². The molecule has 0 radical (unpaired) electrons. The maximum absolute atomic E-state index is 13.0. The van der Waals surface area contributed by atoms with Crippen molar-refractivity contribution < 1.29 is 23.1 Å². The third kappa shape index (κ3) is 5.05. The summed E-state index contributed by atoms with van der Waals surface area (Å²) in [5.74, 6) is 0.410. The summed E-state index contributed by atoms with van der Waals surface area (Å²) in [6.45, 7) is 0.835. The van der Waals surface area contributed by atoms with Crippen LogP contribution in [0.2, 0.25) is 5.02 Å². The Morgan fingerprint density at radius 3 is 2.42 bits per heavy atom. The van der Waals surface area contributed by atoms with E-state index in [0.29, 0.717) is 30.2 Å². The van der Waals surface area contributed by atoms with E-state index < -0.39 is 26.9 Å². The molecule has 2 amide bonds. The second-order valence-corrected chi connectivity index (χ2v) is 10.00. The van der Waals surface area contributed by atoms with Crippen LogP contribution in [0.25, 0.3) is 0 Å². The first-order valence-electron chi connectivity index (χ1n) is 10.2. The maximum Gasteiger partial charge on any atom is 0.323 e. The Kier molecular flexibility index (Phi) is 6.73. The largest absolute Gasteiger partial charge is 0.504 e. The molecule has 33 heavy (non-hydrogen) atoms. The van der Waals surface area contributed by atoms with Gasteiger partial charge < -0.3 is 25.8 Å². The van der Waals surface area contributed by atoms with Gasteiger partial charge in [0.2, 0.25) is 0 Å². The van der Waals surface area contributed by atoms with Crippen LogP contribution in [-0.2, 0) is 9.84 Å². The van der Waals surface area contributed by atoms with Crippen LogP contribution in [-0.4, -0.2) is 37.9 Å². The normalized spacial score (nSPS) is 15.7. The first-order valence-corrected chi connectivity index (χ1v) is 12.1. The zero-order valence-electron chi connectivity index (χ0n) is 17.4. The molecule has 0 aromatic heterocycles. The van der Waals surface area contributed by atoms with Crippen molar-refractivity contribution in [1.29, 1.82) is 0 Å². The van der Waals surface area contributed by atoms with Gasteiger partial charge in [-0.25, -0.2) is 13.2 Å².